The first kappa shape index (κ1) is 18.1. The van der Waals surface area contributed by atoms with Gasteiger partial charge < -0.3 is 9.47 Å². The molecule has 2 aromatic rings. The van der Waals surface area contributed by atoms with Crippen LogP contribution in [0, 0.1) is 0 Å². The van der Waals surface area contributed by atoms with E-state index in [9.17, 15) is 13.2 Å². The molecule has 0 aliphatic carbocycles. The summed E-state index contributed by atoms with van der Waals surface area (Å²) in [6, 6.07) is 5.02. The van der Waals surface area contributed by atoms with E-state index in [0.29, 0.717) is 12.4 Å². The highest BCUT2D eigenvalue weighted by atomic mass is 32.2. The summed E-state index contributed by atoms with van der Waals surface area (Å²) in [7, 11) is -2.09. The molecule has 8 nitrogen and oxygen atoms in total. The maximum absolute atomic E-state index is 13.0. The summed E-state index contributed by atoms with van der Waals surface area (Å²) in [6.45, 7) is 3.23. The zero-order valence-corrected chi connectivity index (χ0v) is 16.4. The zero-order chi connectivity index (χ0) is 19.2. The molecule has 3 heterocycles. The van der Waals surface area contributed by atoms with Crippen LogP contribution in [0.2, 0.25) is 0 Å². The number of fused-ring (bicyclic) bond motifs is 2. The summed E-state index contributed by atoms with van der Waals surface area (Å²) in [4.78, 5) is 13.8. The van der Waals surface area contributed by atoms with Crippen molar-refractivity contribution in [1.82, 2.24) is 19.1 Å². The highest BCUT2D eigenvalue weighted by Crippen LogP contribution is 2.30. The van der Waals surface area contributed by atoms with Crippen LogP contribution in [-0.4, -0.2) is 47.0 Å². The molecule has 2 aliphatic heterocycles. The van der Waals surface area contributed by atoms with Crippen molar-refractivity contribution in [3.63, 3.8) is 0 Å². The molecule has 0 unspecified atom stereocenters. The van der Waals surface area contributed by atoms with Crippen molar-refractivity contribution < 1.29 is 13.2 Å². The Morgan fingerprint density at radius 2 is 1.96 bits per heavy atom. The number of benzene rings is 1. The third-order valence-electron chi connectivity index (χ3n) is 5.31. The number of carbonyl (C=O) groups is 1. The molecule has 27 heavy (non-hydrogen) atoms. The number of amides is 1. The molecule has 0 radical (unpaired) electrons. The van der Waals surface area contributed by atoms with Crippen molar-refractivity contribution in [2.75, 3.05) is 18.5 Å². The lowest BCUT2D eigenvalue weighted by molar-refractivity contribution is -0.116. The number of rotatable bonds is 4. The average molecular weight is 389 g/mol. The Balaban J connectivity index is 1.60. The van der Waals surface area contributed by atoms with Crippen molar-refractivity contribution in [1.29, 1.82) is 0 Å². The molecular formula is C18H23N5O3S. The maximum atomic E-state index is 13.0. The Labute approximate surface area is 158 Å². The third kappa shape index (κ3) is 3.14. The quantitative estimate of drug-likeness (QED) is 0.787. The van der Waals surface area contributed by atoms with Crippen molar-refractivity contribution in [3.8, 4) is 0 Å². The first-order chi connectivity index (χ1) is 12.9. The van der Waals surface area contributed by atoms with Gasteiger partial charge in [-0.2, -0.15) is 4.31 Å². The predicted octanol–water partition coefficient (Wildman–Crippen LogP) is 1.34. The molecule has 4 rings (SSSR count). The topological polar surface area (TPSA) is 88.4 Å². The van der Waals surface area contributed by atoms with Crippen LogP contribution in [0.15, 0.2) is 23.1 Å². The summed E-state index contributed by atoms with van der Waals surface area (Å²) in [5.41, 5.74) is 1.71. The Bertz CT molecular complexity index is 998. The van der Waals surface area contributed by atoms with Crippen LogP contribution in [0.1, 0.15) is 37.0 Å². The summed E-state index contributed by atoms with van der Waals surface area (Å²) in [5.74, 6) is 1.58. The van der Waals surface area contributed by atoms with E-state index in [0.717, 1.165) is 49.3 Å². The van der Waals surface area contributed by atoms with Gasteiger partial charge in [0.2, 0.25) is 15.9 Å². The highest BCUT2D eigenvalue weighted by molar-refractivity contribution is 7.89. The van der Waals surface area contributed by atoms with Gasteiger partial charge in [0.25, 0.3) is 0 Å². The van der Waals surface area contributed by atoms with Crippen molar-refractivity contribution >= 4 is 21.6 Å². The molecule has 0 saturated heterocycles. The van der Waals surface area contributed by atoms with Crippen molar-refractivity contribution in [3.05, 3.63) is 35.4 Å². The Morgan fingerprint density at radius 3 is 2.74 bits per heavy atom. The third-order valence-corrected chi connectivity index (χ3v) is 7.11. The molecule has 1 amide bonds. The van der Waals surface area contributed by atoms with E-state index in [2.05, 4.69) is 10.2 Å². The number of anilines is 1. The number of hydrogen-bond acceptors (Lipinski definition) is 5. The van der Waals surface area contributed by atoms with Crippen LogP contribution in [-0.2, 0) is 40.7 Å². The fourth-order valence-electron chi connectivity index (χ4n) is 3.85. The monoisotopic (exact) mass is 389 g/mol. The second-order valence-corrected chi connectivity index (χ2v) is 9.16. The van der Waals surface area contributed by atoms with E-state index in [1.807, 2.05) is 4.57 Å². The van der Waals surface area contributed by atoms with Gasteiger partial charge in [0.05, 0.1) is 11.4 Å². The number of aromatic nitrogens is 3. The standard InChI is InChI=1S/C18H23N5O3S/c1-13(24)22-9-3-5-14-11-15(7-8-16(14)22)27(25,26)21(2)12-18-20-19-17-6-4-10-23(17)18/h7-8,11H,3-6,9-10,12H2,1-2H3. The SMILES string of the molecule is CC(=O)N1CCCc2cc(S(=O)(=O)N(C)Cc3nnc4n3CCC4)ccc21. The molecule has 1 aromatic heterocycles. The second-order valence-electron chi connectivity index (χ2n) is 7.11. The molecule has 0 saturated carbocycles. The molecule has 0 atom stereocenters. The molecule has 144 valence electrons. The number of aryl methyl sites for hydroxylation is 2. The molecule has 0 bridgehead atoms. The zero-order valence-electron chi connectivity index (χ0n) is 15.6. The molecule has 0 N–H and O–H groups in total. The maximum Gasteiger partial charge on any atom is 0.243 e. The molecule has 9 heteroatoms. The summed E-state index contributed by atoms with van der Waals surface area (Å²) >= 11 is 0. The first-order valence-electron chi connectivity index (χ1n) is 9.16. The van der Waals surface area contributed by atoms with Crippen molar-refractivity contribution in [2.24, 2.45) is 0 Å². The highest BCUT2D eigenvalue weighted by Gasteiger charge is 2.27. The molecule has 0 spiro atoms. The van der Waals surface area contributed by atoms with E-state index in [1.165, 1.54) is 11.2 Å². The van der Waals surface area contributed by atoms with Gasteiger partial charge in [-0.25, -0.2) is 8.42 Å². The van der Waals surface area contributed by atoms with Gasteiger partial charge in [-0.05, 0) is 43.0 Å². The smallest absolute Gasteiger partial charge is 0.243 e. The average Bonchev–Trinajstić information content (AvgIpc) is 3.25. The fourth-order valence-corrected chi connectivity index (χ4v) is 5.03. The van der Waals surface area contributed by atoms with Crippen LogP contribution in [0.5, 0.6) is 0 Å². The van der Waals surface area contributed by atoms with Gasteiger partial charge >= 0.3 is 0 Å². The minimum Gasteiger partial charge on any atom is -0.314 e. The van der Waals surface area contributed by atoms with E-state index < -0.39 is 10.0 Å². The molecule has 0 fully saturated rings. The van der Waals surface area contributed by atoms with E-state index in [4.69, 9.17) is 0 Å². The van der Waals surface area contributed by atoms with Crippen LogP contribution in [0.4, 0.5) is 5.69 Å². The summed E-state index contributed by atoms with van der Waals surface area (Å²) in [6.07, 6.45) is 3.51. The van der Waals surface area contributed by atoms with Crippen LogP contribution < -0.4 is 4.90 Å². The van der Waals surface area contributed by atoms with E-state index in [1.54, 1.807) is 30.1 Å². The van der Waals surface area contributed by atoms with Crippen LogP contribution >= 0.6 is 0 Å². The Kier molecular flexibility index (Phi) is 4.51. The minimum absolute atomic E-state index is 0.0238. The Morgan fingerprint density at radius 1 is 1.19 bits per heavy atom. The molecule has 2 aliphatic rings. The largest absolute Gasteiger partial charge is 0.314 e. The lowest BCUT2D eigenvalue weighted by Crippen LogP contribution is -2.34. The predicted molar refractivity (Wildman–Crippen MR) is 99.8 cm³/mol. The number of carbonyl (C=O) groups excluding carboxylic acids is 1. The van der Waals surface area contributed by atoms with Gasteiger partial charge in [0, 0.05) is 39.2 Å². The number of nitrogens with zero attached hydrogens (tertiary/aromatic N) is 5. The van der Waals surface area contributed by atoms with Gasteiger partial charge in [0.15, 0.2) is 0 Å². The number of sulfonamides is 1. The van der Waals surface area contributed by atoms with Crippen LogP contribution in [0.25, 0.3) is 0 Å². The number of hydrogen-bond donors (Lipinski definition) is 0. The van der Waals surface area contributed by atoms with Crippen molar-refractivity contribution in [2.45, 2.75) is 50.6 Å². The van der Waals surface area contributed by atoms with Gasteiger partial charge in [0.1, 0.15) is 11.6 Å². The van der Waals surface area contributed by atoms with Crippen LogP contribution in [0.3, 0.4) is 0 Å². The molecular weight excluding hydrogens is 366 g/mol. The minimum atomic E-state index is -3.65. The summed E-state index contributed by atoms with van der Waals surface area (Å²) < 4.78 is 29.4. The normalized spacial score (nSPS) is 16.5. The van der Waals surface area contributed by atoms with E-state index in [-0.39, 0.29) is 17.3 Å². The van der Waals surface area contributed by atoms with E-state index >= 15 is 0 Å². The second kappa shape index (κ2) is 6.72. The first-order valence-corrected chi connectivity index (χ1v) is 10.6. The Hall–Kier alpha value is -2.26. The molecule has 1 aromatic carbocycles. The van der Waals surface area contributed by atoms with Gasteiger partial charge in [-0.1, -0.05) is 0 Å². The van der Waals surface area contributed by atoms with Gasteiger partial charge in [-0.3, -0.25) is 4.79 Å². The summed E-state index contributed by atoms with van der Waals surface area (Å²) in [5, 5.41) is 8.29. The lowest BCUT2D eigenvalue weighted by atomic mass is 10.0. The van der Waals surface area contributed by atoms with Gasteiger partial charge in [-0.15, -0.1) is 10.2 Å². The fraction of sp³-hybridized carbons (Fsp3) is 0.500. The lowest BCUT2D eigenvalue weighted by Gasteiger charge is -2.29.